The molecular formula is C18H16FNO3S. The van der Waals surface area contributed by atoms with Gasteiger partial charge < -0.3 is 4.57 Å². The molecule has 1 aromatic heterocycles. The summed E-state index contributed by atoms with van der Waals surface area (Å²) in [6.07, 6.45) is 2.40. The van der Waals surface area contributed by atoms with Crippen molar-refractivity contribution < 1.29 is 17.0 Å². The van der Waals surface area contributed by atoms with Gasteiger partial charge in [-0.25, -0.2) is 4.39 Å². The van der Waals surface area contributed by atoms with Crippen LogP contribution in [0.2, 0.25) is 0 Å². The predicted molar refractivity (Wildman–Crippen MR) is 90.2 cm³/mol. The third-order valence-corrected chi connectivity index (χ3v) is 5.91. The van der Waals surface area contributed by atoms with Gasteiger partial charge in [-0.3, -0.25) is 8.37 Å². The van der Waals surface area contributed by atoms with Crippen molar-refractivity contribution in [1.29, 1.82) is 0 Å². The quantitative estimate of drug-likeness (QED) is 0.669. The number of rotatable bonds is 1. The number of aromatic nitrogens is 1. The van der Waals surface area contributed by atoms with E-state index in [2.05, 4.69) is 4.57 Å². The molecule has 1 saturated carbocycles. The van der Waals surface area contributed by atoms with Gasteiger partial charge in [0.15, 0.2) is 0 Å². The minimum Gasteiger partial charge on any atom is -0.335 e. The standard InChI is InChI=1S/C18H16FNO3S/c19-11-8-9-15-13(10-11)12-4-1-2-5-14(12)20(15)16-6-3-7-17-18(16)23-24(21)22-17/h1-2,4-5,8-10,16-18H,3,6-7H2. The van der Waals surface area contributed by atoms with Crippen LogP contribution < -0.4 is 0 Å². The van der Waals surface area contributed by atoms with E-state index in [1.165, 1.54) is 6.07 Å². The molecule has 5 rings (SSSR count). The second kappa shape index (κ2) is 5.37. The van der Waals surface area contributed by atoms with Gasteiger partial charge in [-0.1, -0.05) is 18.2 Å². The molecule has 1 aliphatic heterocycles. The maximum Gasteiger partial charge on any atom is 0.305 e. The fourth-order valence-corrected chi connectivity index (χ4v) is 5.04. The van der Waals surface area contributed by atoms with Crippen LogP contribution in [0.15, 0.2) is 42.5 Å². The van der Waals surface area contributed by atoms with Crippen molar-refractivity contribution in [1.82, 2.24) is 4.57 Å². The molecular weight excluding hydrogens is 329 g/mol. The van der Waals surface area contributed by atoms with Crippen molar-refractivity contribution in [3.05, 3.63) is 48.3 Å². The molecule has 0 radical (unpaired) electrons. The number of fused-ring (bicyclic) bond motifs is 4. The number of hydrogen-bond acceptors (Lipinski definition) is 3. The van der Waals surface area contributed by atoms with E-state index in [9.17, 15) is 8.60 Å². The first-order chi connectivity index (χ1) is 11.7. The van der Waals surface area contributed by atoms with Crippen LogP contribution in [0, 0.1) is 5.82 Å². The average molecular weight is 345 g/mol. The molecule has 0 spiro atoms. The zero-order valence-corrected chi connectivity index (χ0v) is 13.7. The smallest absolute Gasteiger partial charge is 0.305 e. The Bertz CT molecular complexity index is 969. The van der Waals surface area contributed by atoms with E-state index in [0.29, 0.717) is 0 Å². The van der Waals surface area contributed by atoms with E-state index in [1.54, 1.807) is 6.07 Å². The monoisotopic (exact) mass is 345 g/mol. The molecule has 0 N–H and O–H groups in total. The molecule has 2 aromatic carbocycles. The maximum absolute atomic E-state index is 13.8. The van der Waals surface area contributed by atoms with Crippen LogP contribution in [0.5, 0.6) is 0 Å². The summed E-state index contributed by atoms with van der Waals surface area (Å²) < 4.78 is 38.7. The first kappa shape index (κ1) is 14.6. The lowest BCUT2D eigenvalue weighted by Gasteiger charge is -2.32. The molecule has 4 unspecified atom stereocenters. The lowest BCUT2D eigenvalue weighted by atomic mass is 9.89. The summed E-state index contributed by atoms with van der Waals surface area (Å²) in [5.74, 6) is -0.242. The van der Waals surface area contributed by atoms with E-state index in [4.69, 9.17) is 8.37 Å². The van der Waals surface area contributed by atoms with Crippen LogP contribution in [0.1, 0.15) is 25.3 Å². The fourth-order valence-electron chi connectivity index (χ4n) is 4.16. The van der Waals surface area contributed by atoms with Crippen LogP contribution in [-0.4, -0.2) is 21.0 Å². The molecule has 0 bridgehead atoms. The molecule has 4 nitrogen and oxygen atoms in total. The summed E-state index contributed by atoms with van der Waals surface area (Å²) in [7, 11) is 0. The van der Waals surface area contributed by atoms with E-state index in [0.717, 1.165) is 41.1 Å². The van der Waals surface area contributed by atoms with Crippen molar-refractivity contribution in [2.24, 2.45) is 0 Å². The third-order valence-electron chi connectivity index (χ3n) is 5.13. The Morgan fingerprint density at radius 2 is 1.88 bits per heavy atom. The lowest BCUT2D eigenvalue weighted by molar-refractivity contribution is 0.0671. The molecule has 3 aromatic rings. The van der Waals surface area contributed by atoms with E-state index < -0.39 is 11.4 Å². The maximum atomic E-state index is 13.8. The molecule has 0 amide bonds. The van der Waals surface area contributed by atoms with E-state index in [-0.39, 0.29) is 24.1 Å². The van der Waals surface area contributed by atoms with Gasteiger partial charge in [0.05, 0.1) is 6.04 Å². The Labute approximate surface area is 141 Å². The Kier molecular flexibility index (Phi) is 3.26. The summed E-state index contributed by atoms with van der Waals surface area (Å²) in [6.45, 7) is 0. The van der Waals surface area contributed by atoms with Crippen LogP contribution in [0.25, 0.3) is 21.8 Å². The highest BCUT2D eigenvalue weighted by molar-refractivity contribution is 7.75. The zero-order valence-electron chi connectivity index (χ0n) is 12.9. The van der Waals surface area contributed by atoms with Gasteiger partial charge in [0.2, 0.25) is 0 Å². The molecule has 2 aliphatic rings. The highest BCUT2D eigenvalue weighted by atomic mass is 32.2. The highest BCUT2D eigenvalue weighted by Gasteiger charge is 2.44. The molecule has 1 aliphatic carbocycles. The molecule has 2 fully saturated rings. The number of benzene rings is 2. The van der Waals surface area contributed by atoms with Gasteiger partial charge in [-0.2, -0.15) is 4.21 Å². The SMILES string of the molecule is O=S1OC2CCCC(n3c4ccccc4c4cc(F)ccc43)C2O1. The fraction of sp³-hybridized carbons (Fsp3) is 0.333. The Morgan fingerprint density at radius 3 is 2.79 bits per heavy atom. The lowest BCUT2D eigenvalue weighted by Crippen LogP contribution is -2.36. The molecule has 1 saturated heterocycles. The van der Waals surface area contributed by atoms with Crippen molar-refractivity contribution in [2.45, 2.75) is 37.5 Å². The highest BCUT2D eigenvalue weighted by Crippen LogP contribution is 2.42. The first-order valence-corrected chi connectivity index (χ1v) is 9.16. The van der Waals surface area contributed by atoms with Crippen molar-refractivity contribution in [3.8, 4) is 0 Å². The van der Waals surface area contributed by atoms with Crippen LogP contribution in [0.4, 0.5) is 4.39 Å². The van der Waals surface area contributed by atoms with Gasteiger partial charge >= 0.3 is 11.4 Å². The Hall–Kier alpha value is -1.76. The zero-order chi connectivity index (χ0) is 16.3. The molecule has 6 heteroatoms. The van der Waals surface area contributed by atoms with Gasteiger partial charge in [0.25, 0.3) is 0 Å². The molecule has 24 heavy (non-hydrogen) atoms. The normalized spacial score (nSPS) is 30.0. The van der Waals surface area contributed by atoms with Gasteiger partial charge in [-0.15, -0.1) is 0 Å². The summed E-state index contributed by atoms with van der Waals surface area (Å²) >= 11 is -1.67. The number of halogens is 1. The summed E-state index contributed by atoms with van der Waals surface area (Å²) in [5.41, 5.74) is 2.02. The van der Waals surface area contributed by atoms with Crippen LogP contribution in [-0.2, 0) is 19.7 Å². The van der Waals surface area contributed by atoms with Gasteiger partial charge in [0, 0.05) is 21.8 Å². The summed E-state index contributed by atoms with van der Waals surface area (Å²) in [6, 6.07) is 12.9. The average Bonchev–Trinajstić information content (AvgIpc) is 3.11. The Morgan fingerprint density at radius 1 is 1.04 bits per heavy atom. The van der Waals surface area contributed by atoms with Crippen molar-refractivity contribution in [2.75, 3.05) is 0 Å². The van der Waals surface area contributed by atoms with Gasteiger partial charge in [-0.05, 0) is 43.5 Å². The second-order valence-electron chi connectivity index (χ2n) is 6.45. The van der Waals surface area contributed by atoms with E-state index in [1.807, 2.05) is 30.3 Å². The summed E-state index contributed by atoms with van der Waals surface area (Å²) in [4.78, 5) is 0. The topological polar surface area (TPSA) is 40.5 Å². The van der Waals surface area contributed by atoms with Crippen LogP contribution in [0.3, 0.4) is 0 Å². The molecule has 124 valence electrons. The minimum atomic E-state index is -1.67. The van der Waals surface area contributed by atoms with Crippen molar-refractivity contribution in [3.63, 3.8) is 0 Å². The molecule has 4 atom stereocenters. The Balaban J connectivity index is 1.77. The van der Waals surface area contributed by atoms with Crippen molar-refractivity contribution >= 4 is 33.2 Å². The third kappa shape index (κ3) is 2.06. The van der Waals surface area contributed by atoms with Crippen LogP contribution >= 0.6 is 0 Å². The number of para-hydroxylation sites is 1. The first-order valence-electron chi connectivity index (χ1n) is 8.16. The number of hydrogen-bond donors (Lipinski definition) is 0. The van der Waals surface area contributed by atoms with Gasteiger partial charge in [0.1, 0.15) is 18.0 Å². The summed E-state index contributed by atoms with van der Waals surface area (Å²) in [5, 5.41) is 1.92. The van der Waals surface area contributed by atoms with E-state index >= 15 is 0 Å². The minimum absolute atomic E-state index is 0.0306. The largest absolute Gasteiger partial charge is 0.335 e. The predicted octanol–water partition coefficient (Wildman–Crippen LogP) is 4.02. The second-order valence-corrected chi connectivity index (χ2v) is 7.24. The molecule has 2 heterocycles. The number of nitrogens with zero attached hydrogens (tertiary/aromatic N) is 1.